The molecule has 12 aromatic rings. The van der Waals surface area contributed by atoms with Crippen LogP contribution in [0.15, 0.2) is 230 Å². The van der Waals surface area contributed by atoms with Crippen molar-refractivity contribution in [1.82, 2.24) is 0 Å². The largest absolute Gasteiger partial charge is 0.0623 e. The minimum atomic E-state index is -0.112. The molecular weight excluding hydrogens is 841 g/mol. The Bertz CT molecular complexity index is 3940. The second-order valence-electron chi connectivity index (χ2n) is 20.6. The van der Waals surface area contributed by atoms with E-state index in [-0.39, 0.29) is 10.8 Å². The van der Waals surface area contributed by atoms with Crippen LogP contribution in [0.1, 0.15) is 52.7 Å². The van der Waals surface area contributed by atoms with E-state index in [0.29, 0.717) is 12.1 Å². The van der Waals surface area contributed by atoms with E-state index in [2.05, 4.69) is 210 Å². The molecule has 0 aliphatic heterocycles. The number of fused-ring (bicyclic) bond motifs is 6. The summed E-state index contributed by atoms with van der Waals surface area (Å²) in [4.78, 5) is 0. The number of hydrogen-bond acceptors (Lipinski definition) is 0. The maximum atomic E-state index is 9.25. The molecule has 0 radical (unpaired) electrons. The highest BCUT2D eigenvalue weighted by Crippen LogP contribution is 2.54. The molecule has 70 heavy (non-hydrogen) atoms. The van der Waals surface area contributed by atoms with Gasteiger partial charge in [0.05, 0.1) is 2.74 Å². The van der Waals surface area contributed by atoms with Gasteiger partial charge < -0.3 is 0 Å². The average Bonchev–Trinajstić information content (AvgIpc) is 3.78. The Balaban J connectivity index is 1.10. The first kappa shape index (κ1) is 38.6. The van der Waals surface area contributed by atoms with E-state index >= 15 is 0 Å². The van der Waals surface area contributed by atoms with Crippen molar-refractivity contribution in [3.05, 3.63) is 253 Å². The predicted octanol–water partition coefficient (Wildman–Crippen LogP) is 19.2. The number of benzene rings is 12. The molecule has 0 nitrogen and oxygen atoms in total. The summed E-state index contributed by atoms with van der Waals surface area (Å²) in [5.74, 6) is 0. The standard InChI is InChI=1S/C70H50/c1-69(2)63-27-13-11-25-51(63)61-39-49(29-35-65(61)69)59-41-57(47-23-15-21-45(37-47)43-17-7-5-8-18-43)53-32-34-56-60(50-30-36-66-62(40-50)52-26-12-14-28-64(52)70(66,3)4)42-58(54-31-33-55(59)67(53)68(54)56)48-24-16-22-46(38-48)44-19-9-6-10-20-44/h5-42H,1-4H3/i15D,16D. The van der Waals surface area contributed by atoms with Crippen LogP contribution in [-0.2, 0) is 10.8 Å². The summed E-state index contributed by atoms with van der Waals surface area (Å²) in [7, 11) is 0. The molecule has 0 unspecified atom stereocenters. The van der Waals surface area contributed by atoms with Crippen LogP contribution in [0.5, 0.6) is 0 Å². The maximum absolute atomic E-state index is 9.25. The fourth-order valence-corrected chi connectivity index (χ4v) is 12.6. The molecule has 0 heteroatoms. The van der Waals surface area contributed by atoms with Crippen molar-refractivity contribution in [1.29, 1.82) is 0 Å². The van der Waals surface area contributed by atoms with Crippen LogP contribution in [0.3, 0.4) is 0 Å². The summed E-state index contributed by atoms with van der Waals surface area (Å²) in [6.45, 7) is 9.38. The molecule has 0 aromatic heterocycles. The smallest absolute Gasteiger partial charge is 0.0622 e. The van der Waals surface area contributed by atoms with E-state index in [9.17, 15) is 2.74 Å². The Morgan fingerprint density at radius 3 is 0.971 bits per heavy atom. The molecule has 0 spiro atoms. The molecule has 2 aliphatic rings. The zero-order valence-corrected chi connectivity index (χ0v) is 39.8. The fourth-order valence-electron chi connectivity index (χ4n) is 12.6. The van der Waals surface area contributed by atoms with Gasteiger partial charge in [-0.2, -0.15) is 0 Å². The van der Waals surface area contributed by atoms with Gasteiger partial charge in [-0.15, -0.1) is 0 Å². The molecule has 0 atom stereocenters. The van der Waals surface area contributed by atoms with Crippen molar-refractivity contribution in [2.24, 2.45) is 0 Å². The number of hydrogen-bond donors (Lipinski definition) is 0. The lowest BCUT2D eigenvalue weighted by Gasteiger charge is -2.23. The van der Waals surface area contributed by atoms with Gasteiger partial charge in [0.25, 0.3) is 0 Å². The molecule has 0 saturated carbocycles. The van der Waals surface area contributed by atoms with Crippen LogP contribution in [0, 0.1) is 0 Å². The lowest BCUT2D eigenvalue weighted by atomic mass is 9.80. The van der Waals surface area contributed by atoms with Crippen LogP contribution in [-0.4, -0.2) is 0 Å². The van der Waals surface area contributed by atoms with Crippen LogP contribution in [0.25, 0.3) is 121 Å². The van der Waals surface area contributed by atoms with Crippen molar-refractivity contribution in [3.8, 4) is 89.0 Å². The molecular formula is C70H50. The van der Waals surface area contributed by atoms with Gasteiger partial charge in [-0.25, -0.2) is 0 Å². The normalized spacial score (nSPS) is 14.3. The van der Waals surface area contributed by atoms with Gasteiger partial charge in [-0.3, -0.25) is 0 Å². The molecule has 2 aliphatic carbocycles. The second kappa shape index (κ2) is 15.1. The van der Waals surface area contributed by atoms with E-state index in [4.69, 9.17) is 0 Å². The van der Waals surface area contributed by atoms with Crippen molar-refractivity contribution >= 4 is 32.3 Å². The molecule has 0 saturated heterocycles. The molecule has 12 aromatic carbocycles. The SMILES string of the molecule is [2H]c1cc(-c2ccccc2)cc(-c2cc(-c3ccc4c(c3)-c3ccccc3C4(C)C)c3ccc4c(-c5cc([2H])cc(-c6ccccc6)c5)cc(-c5ccc6c(c5)-c5ccccc5C6(C)C)c5ccc2c3c45)c1. The Hall–Kier alpha value is -8.32. The molecule has 0 heterocycles. The van der Waals surface area contributed by atoms with Crippen molar-refractivity contribution in [2.75, 3.05) is 0 Å². The van der Waals surface area contributed by atoms with E-state index < -0.39 is 0 Å². The first-order valence-electron chi connectivity index (χ1n) is 25.6. The van der Waals surface area contributed by atoms with Crippen LogP contribution >= 0.6 is 0 Å². The van der Waals surface area contributed by atoms with E-state index in [1.165, 1.54) is 77.2 Å². The highest BCUT2D eigenvalue weighted by molar-refractivity contribution is 6.32. The van der Waals surface area contributed by atoms with Crippen LogP contribution < -0.4 is 0 Å². The molecule has 330 valence electrons. The average molecular weight is 893 g/mol. The molecule has 0 fully saturated rings. The van der Waals surface area contributed by atoms with Crippen LogP contribution in [0.2, 0.25) is 0 Å². The summed E-state index contributed by atoms with van der Waals surface area (Å²) < 4.78 is 18.5. The Morgan fingerprint density at radius 2 is 0.571 bits per heavy atom. The second-order valence-corrected chi connectivity index (χ2v) is 20.6. The van der Waals surface area contributed by atoms with Gasteiger partial charge in [0.1, 0.15) is 0 Å². The predicted molar refractivity (Wildman–Crippen MR) is 298 cm³/mol. The lowest BCUT2D eigenvalue weighted by Crippen LogP contribution is -2.14. The zero-order valence-electron chi connectivity index (χ0n) is 41.8. The monoisotopic (exact) mass is 892 g/mol. The number of rotatable bonds is 6. The summed E-state index contributed by atoms with van der Waals surface area (Å²) in [5, 5.41) is 7.09. The first-order valence-corrected chi connectivity index (χ1v) is 24.6. The van der Waals surface area contributed by atoms with Crippen LogP contribution in [0.4, 0.5) is 0 Å². The maximum Gasteiger partial charge on any atom is 0.0623 e. The van der Waals surface area contributed by atoms with Crippen molar-refractivity contribution < 1.29 is 2.74 Å². The molecule has 0 bridgehead atoms. The van der Waals surface area contributed by atoms with Gasteiger partial charge in [-0.1, -0.05) is 222 Å². The minimum absolute atomic E-state index is 0.112. The summed E-state index contributed by atoms with van der Waals surface area (Å²) >= 11 is 0. The highest BCUT2D eigenvalue weighted by Gasteiger charge is 2.37. The van der Waals surface area contributed by atoms with Gasteiger partial charge in [0, 0.05) is 10.8 Å². The van der Waals surface area contributed by atoms with E-state index in [0.717, 1.165) is 66.4 Å². The van der Waals surface area contributed by atoms with Gasteiger partial charge in [-0.05, 0) is 180 Å². The minimum Gasteiger partial charge on any atom is -0.0622 e. The lowest BCUT2D eigenvalue weighted by molar-refractivity contribution is 0.660. The first-order chi connectivity index (χ1) is 35.0. The summed E-state index contributed by atoms with van der Waals surface area (Å²) in [6.07, 6.45) is 0. The summed E-state index contributed by atoms with van der Waals surface area (Å²) in [5.41, 5.74) is 23.5. The van der Waals surface area contributed by atoms with E-state index in [1.54, 1.807) is 0 Å². The Kier molecular flexibility index (Phi) is 8.33. The Morgan fingerprint density at radius 1 is 0.243 bits per heavy atom. The van der Waals surface area contributed by atoms with Crippen molar-refractivity contribution in [2.45, 2.75) is 38.5 Å². The summed E-state index contributed by atoms with van der Waals surface area (Å²) in [6, 6.07) is 80.7. The molecule has 0 N–H and O–H groups in total. The molecule has 14 rings (SSSR count). The fraction of sp³-hybridized carbons (Fsp3) is 0.0857. The van der Waals surface area contributed by atoms with Gasteiger partial charge in [0.2, 0.25) is 0 Å². The van der Waals surface area contributed by atoms with Gasteiger partial charge >= 0.3 is 0 Å². The van der Waals surface area contributed by atoms with E-state index in [1.807, 2.05) is 36.4 Å². The topological polar surface area (TPSA) is 0 Å². The third kappa shape index (κ3) is 5.96. The Labute approximate surface area is 413 Å². The third-order valence-corrected chi connectivity index (χ3v) is 16.1. The van der Waals surface area contributed by atoms with Crippen molar-refractivity contribution in [3.63, 3.8) is 0 Å². The zero-order chi connectivity index (χ0) is 48.6. The van der Waals surface area contributed by atoms with Gasteiger partial charge in [0.15, 0.2) is 0 Å². The quantitative estimate of drug-likeness (QED) is 0.146. The third-order valence-electron chi connectivity index (χ3n) is 16.1. The molecule has 0 amide bonds. The highest BCUT2D eigenvalue weighted by atomic mass is 14.4.